The summed E-state index contributed by atoms with van der Waals surface area (Å²) in [5.74, 6) is -0.886. The zero-order chi connectivity index (χ0) is 28.2. The second-order valence-corrected chi connectivity index (χ2v) is 9.16. The van der Waals surface area contributed by atoms with Crippen molar-refractivity contribution in [3.8, 4) is 16.9 Å². The number of hydrogen-bond acceptors (Lipinski definition) is 7. The summed E-state index contributed by atoms with van der Waals surface area (Å²) >= 11 is 0. The highest BCUT2D eigenvalue weighted by Gasteiger charge is 2.54. The summed E-state index contributed by atoms with van der Waals surface area (Å²) < 4.78 is 63.5. The Balaban J connectivity index is 1.21. The number of ether oxygens (including phenoxy) is 2. The Morgan fingerprint density at radius 2 is 1.73 bits per heavy atom. The smallest absolute Gasteiger partial charge is 0.409 e. The molecule has 15 heteroatoms. The summed E-state index contributed by atoms with van der Waals surface area (Å²) in [5.41, 5.74) is 7.24. The van der Waals surface area contributed by atoms with Crippen LogP contribution in [0.2, 0.25) is 0 Å². The molecule has 0 atom stereocenters. The van der Waals surface area contributed by atoms with Gasteiger partial charge in [-0.2, -0.15) is 13.9 Å². The van der Waals surface area contributed by atoms with E-state index in [0.717, 1.165) is 31.0 Å². The lowest BCUT2D eigenvalue weighted by Crippen LogP contribution is -2.41. The number of alkyl halides is 4. The summed E-state index contributed by atoms with van der Waals surface area (Å²) in [5, 5.41) is 12.0. The van der Waals surface area contributed by atoms with Crippen LogP contribution in [0.4, 0.5) is 39.5 Å². The molecule has 40 heavy (non-hydrogen) atoms. The average molecular weight is 557 g/mol. The van der Waals surface area contributed by atoms with E-state index in [4.69, 9.17) is 5.73 Å². The number of benzene rings is 2. The number of carbonyl (C=O) groups is 2. The molecule has 5 N–H and O–H groups in total. The number of anilines is 3. The quantitative estimate of drug-likeness (QED) is 0.264. The number of carbonyl (C=O) groups excluding carboxylic acids is 2. The lowest BCUT2D eigenvalue weighted by Gasteiger charge is -2.30. The predicted molar refractivity (Wildman–Crippen MR) is 133 cm³/mol. The maximum absolute atomic E-state index is 14.0. The number of hydrogen-bond donors (Lipinski definition) is 4. The van der Waals surface area contributed by atoms with Crippen molar-refractivity contribution in [1.29, 1.82) is 0 Å². The first-order chi connectivity index (χ1) is 19.0. The Bertz CT molecular complexity index is 1660. The third-order valence-electron chi connectivity index (χ3n) is 6.22. The van der Waals surface area contributed by atoms with Gasteiger partial charge in [0.25, 0.3) is 5.91 Å². The number of urea groups is 1. The Hall–Kier alpha value is -4.92. The Morgan fingerprint density at radius 3 is 2.45 bits per heavy atom. The highest BCUT2D eigenvalue weighted by Crippen LogP contribution is 2.47. The fourth-order valence-corrected chi connectivity index (χ4v) is 4.28. The van der Waals surface area contributed by atoms with Crippen molar-refractivity contribution in [3.63, 3.8) is 0 Å². The minimum Gasteiger partial charge on any atom is -0.409 e. The molecular weight excluding hydrogens is 538 g/mol. The fraction of sp³-hybridized carbons (Fsp3) is 0.200. The van der Waals surface area contributed by atoms with Gasteiger partial charge in [0.2, 0.25) is 0 Å². The first-order valence-electron chi connectivity index (χ1n) is 11.9. The topological polar surface area (TPSA) is 145 Å². The molecule has 3 amide bonds. The molecule has 0 radical (unpaired) electrons. The number of nitrogens with zero attached hydrogens (tertiary/aromatic N) is 3. The van der Waals surface area contributed by atoms with Gasteiger partial charge in [0.1, 0.15) is 17.6 Å². The number of rotatable bonds is 5. The van der Waals surface area contributed by atoms with Gasteiger partial charge in [0.05, 0.1) is 11.1 Å². The molecule has 6 rings (SSSR count). The molecule has 1 fully saturated rings. The summed E-state index contributed by atoms with van der Waals surface area (Å²) in [7, 11) is 0. The van der Waals surface area contributed by atoms with Crippen LogP contribution in [0.1, 0.15) is 28.8 Å². The van der Waals surface area contributed by atoms with Crippen molar-refractivity contribution in [3.05, 3.63) is 66.1 Å². The number of nitrogens with two attached hydrogens (primary N) is 1. The molecule has 11 nitrogen and oxygen atoms in total. The van der Waals surface area contributed by atoms with E-state index in [1.165, 1.54) is 10.8 Å². The molecule has 2 aromatic heterocycles. The Kier molecular flexibility index (Phi) is 5.76. The SMILES string of the molecule is Nc1ncnn2cc(C(=O)NC3CC3)c(-c3ccc(NC(=O)Nc4ccc5c(c4)C(F)(F)OC(F)(F)O5)cc3)c12. The average Bonchev–Trinajstić information content (AvgIpc) is 3.60. The first-order valence-corrected chi connectivity index (χ1v) is 11.9. The molecular formula is C25H19F4N7O4. The molecule has 0 saturated heterocycles. The lowest BCUT2D eigenvalue weighted by atomic mass is 10.0. The number of fused-ring (bicyclic) bond motifs is 2. The second-order valence-electron chi connectivity index (χ2n) is 9.16. The largest absolute Gasteiger partial charge is 0.540 e. The minimum absolute atomic E-state index is 0.118. The predicted octanol–water partition coefficient (Wildman–Crippen LogP) is 4.52. The molecule has 2 aromatic carbocycles. The van der Waals surface area contributed by atoms with Crippen LogP contribution < -0.4 is 26.4 Å². The number of nitrogen functional groups attached to an aromatic ring is 1. The molecule has 0 spiro atoms. The van der Waals surface area contributed by atoms with Gasteiger partial charge in [-0.05, 0) is 48.7 Å². The second kappa shape index (κ2) is 9.08. The monoisotopic (exact) mass is 557 g/mol. The van der Waals surface area contributed by atoms with Gasteiger partial charge in [-0.25, -0.2) is 19.0 Å². The molecule has 3 heterocycles. The highest BCUT2D eigenvalue weighted by molar-refractivity contribution is 6.07. The zero-order valence-electron chi connectivity index (χ0n) is 20.3. The summed E-state index contributed by atoms with van der Waals surface area (Å²) in [6.07, 6.45) is -4.18. The molecule has 206 valence electrons. The van der Waals surface area contributed by atoms with Crippen LogP contribution in [0, 0.1) is 0 Å². The number of aromatic nitrogens is 3. The van der Waals surface area contributed by atoms with Gasteiger partial charge in [-0.3, -0.25) is 4.79 Å². The summed E-state index contributed by atoms with van der Waals surface area (Å²) in [6, 6.07) is 8.52. The molecule has 2 aliphatic rings. The van der Waals surface area contributed by atoms with E-state index in [1.807, 2.05) is 0 Å². The van der Waals surface area contributed by atoms with Crippen LogP contribution in [0.15, 0.2) is 55.0 Å². The number of nitrogens with one attached hydrogen (secondary N) is 3. The standard InChI is InChI=1S/C25H19F4N7O4/c26-24(27)17-9-15(7-8-18(17)39-25(28,29)40-24)35-23(38)34-14-3-1-12(2-4-14)19-16(22(37)33-13-5-6-13)10-36-20(19)21(30)31-11-32-36/h1-4,7-11,13H,5-6H2,(H,33,37)(H2,30,31,32)(H2,34,35,38). The minimum atomic E-state index is -4.50. The zero-order valence-corrected chi connectivity index (χ0v) is 20.3. The van der Waals surface area contributed by atoms with Crippen molar-refractivity contribution >= 4 is 34.6 Å². The van der Waals surface area contributed by atoms with E-state index >= 15 is 0 Å². The Labute approximate surface area is 222 Å². The lowest BCUT2D eigenvalue weighted by molar-refractivity contribution is -0.461. The molecule has 0 bridgehead atoms. The van der Waals surface area contributed by atoms with E-state index in [-0.39, 0.29) is 23.5 Å². The van der Waals surface area contributed by atoms with E-state index in [0.29, 0.717) is 27.9 Å². The van der Waals surface area contributed by atoms with Crippen molar-refractivity contribution in [2.75, 3.05) is 16.4 Å². The van der Waals surface area contributed by atoms with E-state index < -0.39 is 29.7 Å². The van der Waals surface area contributed by atoms with Gasteiger partial charge < -0.3 is 26.4 Å². The van der Waals surface area contributed by atoms with Crippen LogP contribution in [-0.4, -0.2) is 38.9 Å². The maximum Gasteiger partial charge on any atom is 0.540 e. The van der Waals surface area contributed by atoms with Gasteiger partial charge in [0, 0.05) is 29.2 Å². The van der Waals surface area contributed by atoms with Crippen LogP contribution in [0.5, 0.6) is 5.75 Å². The fourth-order valence-electron chi connectivity index (χ4n) is 4.28. The van der Waals surface area contributed by atoms with Crippen molar-refractivity contribution in [2.24, 2.45) is 0 Å². The van der Waals surface area contributed by atoms with Crippen molar-refractivity contribution < 1.29 is 36.6 Å². The van der Waals surface area contributed by atoms with E-state index in [1.54, 1.807) is 30.5 Å². The Morgan fingerprint density at radius 1 is 1.02 bits per heavy atom. The normalized spacial score (nSPS) is 17.0. The van der Waals surface area contributed by atoms with Crippen LogP contribution in [0.25, 0.3) is 16.6 Å². The number of halogens is 4. The van der Waals surface area contributed by atoms with Crippen molar-refractivity contribution in [1.82, 2.24) is 19.9 Å². The third-order valence-corrected chi connectivity index (χ3v) is 6.22. The molecule has 4 aromatic rings. The van der Waals surface area contributed by atoms with E-state index in [9.17, 15) is 27.2 Å². The van der Waals surface area contributed by atoms with E-state index in [2.05, 4.69) is 35.5 Å². The first kappa shape index (κ1) is 25.4. The highest BCUT2D eigenvalue weighted by atomic mass is 19.3. The van der Waals surface area contributed by atoms with Crippen LogP contribution in [0.3, 0.4) is 0 Å². The number of amides is 3. The van der Waals surface area contributed by atoms with Gasteiger partial charge in [0.15, 0.2) is 5.82 Å². The van der Waals surface area contributed by atoms with Crippen LogP contribution >= 0.6 is 0 Å². The molecule has 1 aliphatic heterocycles. The molecule has 0 unspecified atom stereocenters. The molecule has 1 aliphatic carbocycles. The summed E-state index contributed by atoms with van der Waals surface area (Å²) in [4.78, 5) is 29.5. The van der Waals surface area contributed by atoms with Gasteiger partial charge in [-0.15, -0.1) is 8.78 Å². The maximum atomic E-state index is 14.0. The third kappa shape index (κ3) is 4.82. The summed E-state index contributed by atoms with van der Waals surface area (Å²) in [6.45, 7) is 0. The van der Waals surface area contributed by atoms with Gasteiger partial charge >= 0.3 is 18.4 Å². The molecule has 1 saturated carbocycles. The van der Waals surface area contributed by atoms with Crippen molar-refractivity contribution in [2.45, 2.75) is 31.3 Å². The van der Waals surface area contributed by atoms with Crippen LogP contribution in [-0.2, 0) is 10.8 Å². The van der Waals surface area contributed by atoms with Gasteiger partial charge in [-0.1, -0.05) is 12.1 Å².